The maximum absolute atomic E-state index is 11.5. The molecule has 0 aliphatic rings. The SMILES string of the molecule is CCc1ccc(C(C)NCC(=O)NC(C)C)cc1. The molecule has 0 fully saturated rings. The van der Waals surface area contributed by atoms with Gasteiger partial charge in [0.15, 0.2) is 0 Å². The first-order valence-electron chi connectivity index (χ1n) is 6.64. The maximum Gasteiger partial charge on any atom is 0.234 e. The first kappa shape index (κ1) is 14.7. The zero-order valence-electron chi connectivity index (χ0n) is 11.8. The molecule has 0 aromatic heterocycles. The van der Waals surface area contributed by atoms with Crippen molar-refractivity contribution in [1.29, 1.82) is 0 Å². The normalized spacial score (nSPS) is 12.5. The molecule has 100 valence electrons. The van der Waals surface area contributed by atoms with Crippen LogP contribution in [0.3, 0.4) is 0 Å². The minimum absolute atomic E-state index is 0.0435. The van der Waals surface area contributed by atoms with Crippen LogP contribution >= 0.6 is 0 Å². The second-order valence-corrected chi connectivity index (χ2v) is 4.92. The van der Waals surface area contributed by atoms with Crippen molar-refractivity contribution in [2.24, 2.45) is 0 Å². The molecule has 0 spiro atoms. The monoisotopic (exact) mass is 248 g/mol. The number of aryl methyl sites for hydroxylation is 1. The molecule has 0 aliphatic heterocycles. The topological polar surface area (TPSA) is 41.1 Å². The highest BCUT2D eigenvalue weighted by atomic mass is 16.1. The average Bonchev–Trinajstić information content (AvgIpc) is 2.35. The Morgan fingerprint density at radius 3 is 2.28 bits per heavy atom. The molecule has 3 heteroatoms. The summed E-state index contributed by atoms with van der Waals surface area (Å²) >= 11 is 0. The molecule has 2 N–H and O–H groups in total. The minimum atomic E-state index is 0.0435. The van der Waals surface area contributed by atoms with Crippen molar-refractivity contribution in [2.75, 3.05) is 6.54 Å². The maximum atomic E-state index is 11.5. The summed E-state index contributed by atoms with van der Waals surface area (Å²) in [6.45, 7) is 8.50. The quantitative estimate of drug-likeness (QED) is 0.812. The van der Waals surface area contributed by atoms with Crippen LogP contribution in [0.15, 0.2) is 24.3 Å². The van der Waals surface area contributed by atoms with Gasteiger partial charge in [-0.25, -0.2) is 0 Å². The van der Waals surface area contributed by atoms with E-state index < -0.39 is 0 Å². The van der Waals surface area contributed by atoms with Gasteiger partial charge in [0.2, 0.25) is 5.91 Å². The molecular formula is C15H24N2O. The van der Waals surface area contributed by atoms with Crippen molar-refractivity contribution in [3.8, 4) is 0 Å². The Kier molecular flexibility index (Phi) is 5.86. The van der Waals surface area contributed by atoms with Crippen LogP contribution in [0.2, 0.25) is 0 Å². The van der Waals surface area contributed by atoms with Gasteiger partial charge in [-0.15, -0.1) is 0 Å². The van der Waals surface area contributed by atoms with Crippen LogP contribution in [0.1, 0.15) is 44.9 Å². The third kappa shape index (κ3) is 4.88. The third-order valence-corrected chi connectivity index (χ3v) is 2.91. The summed E-state index contributed by atoms with van der Waals surface area (Å²) in [6, 6.07) is 8.91. The van der Waals surface area contributed by atoms with E-state index in [4.69, 9.17) is 0 Å². The van der Waals surface area contributed by atoms with Gasteiger partial charge in [0.05, 0.1) is 6.54 Å². The molecule has 1 rings (SSSR count). The number of nitrogens with one attached hydrogen (secondary N) is 2. The van der Waals surface area contributed by atoms with Crippen LogP contribution in [-0.2, 0) is 11.2 Å². The Balaban J connectivity index is 2.44. The Hall–Kier alpha value is -1.35. The summed E-state index contributed by atoms with van der Waals surface area (Å²) in [7, 11) is 0. The zero-order chi connectivity index (χ0) is 13.5. The number of carbonyl (C=O) groups is 1. The Bertz CT molecular complexity index is 371. The standard InChI is InChI=1S/C15H24N2O/c1-5-13-6-8-14(9-7-13)12(4)16-10-15(18)17-11(2)3/h6-9,11-12,16H,5,10H2,1-4H3,(H,17,18). The number of amides is 1. The molecular weight excluding hydrogens is 224 g/mol. The number of benzene rings is 1. The van der Waals surface area contributed by atoms with E-state index in [1.165, 1.54) is 11.1 Å². The van der Waals surface area contributed by atoms with Gasteiger partial charge in [-0.05, 0) is 38.3 Å². The second kappa shape index (κ2) is 7.17. The van der Waals surface area contributed by atoms with Gasteiger partial charge < -0.3 is 10.6 Å². The lowest BCUT2D eigenvalue weighted by Crippen LogP contribution is -2.38. The van der Waals surface area contributed by atoms with E-state index in [0.717, 1.165) is 6.42 Å². The highest BCUT2D eigenvalue weighted by Crippen LogP contribution is 2.13. The van der Waals surface area contributed by atoms with Gasteiger partial charge in [-0.2, -0.15) is 0 Å². The van der Waals surface area contributed by atoms with Gasteiger partial charge in [0, 0.05) is 12.1 Å². The summed E-state index contributed by atoms with van der Waals surface area (Å²) in [4.78, 5) is 11.5. The lowest BCUT2D eigenvalue weighted by Gasteiger charge is -2.15. The van der Waals surface area contributed by atoms with Crippen molar-refractivity contribution in [1.82, 2.24) is 10.6 Å². The molecule has 0 aliphatic carbocycles. The first-order chi connectivity index (χ1) is 8.52. The minimum Gasteiger partial charge on any atom is -0.353 e. The lowest BCUT2D eigenvalue weighted by molar-refractivity contribution is -0.120. The molecule has 0 heterocycles. The smallest absolute Gasteiger partial charge is 0.234 e. The van der Waals surface area contributed by atoms with Crippen molar-refractivity contribution >= 4 is 5.91 Å². The van der Waals surface area contributed by atoms with Crippen molar-refractivity contribution in [2.45, 2.75) is 46.2 Å². The van der Waals surface area contributed by atoms with E-state index in [9.17, 15) is 4.79 Å². The first-order valence-corrected chi connectivity index (χ1v) is 6.64. The van der Waals surface area contributed by atoms with E-state index in [1.54, 1.807) is 0 Å². The van der Waals surface area contributed by atoms with Gasteiger partial charge in [0.25, 0.3) is 0 Å². The summed E-state index contributed by atoms with van der Waals surface area (Å²) in [5, 5.41) is 6.10. The molecule has 1 amide bonds. The largest absolute Gasteiger partial charge is 0.353 e. The fourth-order valence-electron chi connectivity index (χ4n) is 1.78. The lowest BCUT2D eigenvalue weighted by atomic mass is 10.1. The Morgan fingerprint density at radius 1 is 1.17 bits per heavy atom. The van der Waals surface area contributed by atoms with Gasteiger partial charge in [-0.3, -0.25) is 4.79 Å². The molecule has 0 saturated heterocycles. The predicted octanol–water partition coefficient (Wildman–Crippen LogP) is 2.42. The fourth-order valence-corrected chi connectivity index (χ4v) is 1.78. The van der Waals surface area contributed by atoms with Gasteiger partial charge in [0.1, 0.15) is 0 Å². The predicted molar refractivity (Wildman–Crippen MR) is 75.5 cm³/mol. The summed E-state index contributed by atoms with van der Waals surface area (Å²) in [5.74, 6) is 0.0435. The third-order valence-electron chi connectivity index (χ3n) is 2.91. The Labute approximate surface area is 110 Å². The summed E-state index contributed by atoms with van der Waals surface area (Å²) in [6.07, 6.45) is 1.05. The zero-order valence-corrected chi connectivity index (χ0v) is 11.8. The number of carbonyl (C=O) groups excluding carboxylic acids is 1. The summed E-state index contributed by atoms with van der Waals surface area (Å²) < 4.78 is 0. The van der Waals surface area contributed by atoms with E-state index in [1.807, 2.05) is 13.8 Å². The molecule has 0 bridgehead atoms. The van der Waals surface area contributed by atoms with Gasteiger partial charge in [-0.1, -0.05) is 31.2 Å². The van der Waals surface area contributed by atoms with E-state index in [-0.39, 0.29) is 18.0 Å². The fraction of sp³-hybridized carbons (Fsp3) is 0.533. The number of hydrogen-bond acceptors (Lipinski definition) is 2. The second-order valence-electron chi connectivity index (χ2n) is 4.92. The van der Waals surface area contributed by atoms with Crippen molar-refractivity contribution < 1.29 is 4.79 Å². The Morgan fingerprint density at radius 2 is 1.78 bits per heavy atom. The highest BCUT2D eigenvalue weighted by Gasteiger charge is 2.08. The molecule has 1 unspecified atom stereocenters. The molecule has 0 saturated carbocycles. The van der Waals surface area contributed by atoms with Crippen LogP contribution in [0, 0.1) is 0 Å². The van der Waals surface area contributed by atoms with Crippen molar-refractivity contribution in [3.05, 3.63) is 35.4 Å². The highest BCUT2D eigenvalue weighted by molar-refractivity contribution is 5.78. The van der Waals surface area contributed by atoms with Crippen LogP contribution in [0.4, 0.5) is 0 Å². The molecule has 18 heavy (non-hydrogen) atoms. The molecule has 1 atom stereocenters. The average molecular weight is 248 g/mol. The summed E-state index contributed by atoms with van der Waals surface area (Å²) in [5.41, 5.74) is 2.55. The van der Waals surface area contributed by atoms with E-state index in [2.05, 4.69) is 48.7 Å². The number of rotatable bonds is 6. The van der Waals surface area contributed by atoms with E-state index >= 15 is 0 Å². The van der Waals surface area contributed by atoms with Crippen LogP contribution in [-0.4, -0.2) is 18.5 Å². The molecule has 3 nitrogen and oxygen atoms in total. The van der Waals surface area contributed by atoms with Gasteiger partial charge >= 0.3 is 0 Å². The molecule has 1 aromatic rings. The molecule has 1 aromatic carbocycles. The number of hydrogen-bond donors (Lipinski definition) is 2. The van der Waals surface area contributed by atoms with Crippen LogP contribution in [0.5, 0.6) is 0 Å². The van der Waals surface area contributed by atoms with Crippen LogP contribution < -0.4 is 10.6 Å². The van der Waals surface area contributed by atoms with Crippen LogP contribution in [0.25, 0.3) is 0 Å². The molecule has 0 radical (unpaired) electrons. The van der Waals surface area contributed by atoms with Crippen molar-refractivity contribution in [3.63, 3.8) is 0 Å². The van der Waals surface area contributed by atoms with E-state index in [0.29, 0.717) is 6.54 Å².